The average molecular weight is 369 g/mol. The summed E-state index contributed by atoms with van der Waals surface area (Å²) in [5.41, 5.74) is 0. The molecule has 1 fully saturated rings. The number of carbonyl (C=O) groups is 3. The monoisotopic (exact) mass is 369 g/mol. The molecule has 0 aromatic rings. The molecule has 0 bridgehead atoms. The van der Waals surface area contributed by atoms with E-state index in [0.717, 1.165) is 0 Å². The Kier molecular flexibility index (Phi) is 20.6. The zero-order valence-corrected chi connectivity index (χ0v) is 20.7. The maximum atomic E-state index is 10.7. The van der Waals surface area contributed by atoms with Crippen molar-refractivity contribution in [2.75, 3.05) is 58.9 Å². The van der Waals surface area contributed by atoms with Crippen LogP contribution < -0.4 is 104 Å². The van der Waals surface area contributed by atoms with Gasteiger partial charge in [0.25, 0.3) is 0 Å². The fourth-order valence-electron chi connectivity index (χ4n) is 2.21. The Morgan fingerprint density at radius 2 is 0.708 bits per heavy atom. The molecule has 0 unspecified atom stereocenters. The Bertz CT molecular complexity index is 333. The predicted molar refractivity (Wildman–Crippen MR) is 64.3 cm³/mol. The summed E-state index contributed by atoms with van der Waals surface area (Å²) in [6.45, 7) is 1.33. The number of carbonyl (C=O) groups excluding carboxylic acids is 3. The van der Waals surface area contributed by atoms with Gasteiger partial charge in [-0.15, -0.1) is 0 Å². The van der Waals surface area contributed by atoms with Gasteiger partial charge in [0.2, 0.25) is 0 Å². The summed E-state index contributed by atoms with van der Waals surface area (Å²) in [5.74, 6) is -3.69. The van der Waals surface area contributed by atoms with Gasteiger partial charge in [-0.25, -0.2) is 0 Å². The normalized spacial score (nSPS) is 17.0. The molecule has 0 saturated carbocycles. The molecule has 1 rings (SSSR count). The van der Waals surface area contributed by atoms with Crippen LogP contribution in [0.4, 0.5) is 0 Å². The van der Waals surface area contributed by atoms with Crippen molar-refractivity contribution in [2.24, 2.45) is 0 Å². The van der Waals surface area contributed by atoms with E-state index in [1.165, 1.54) is 0 Å². The fourth-order valence-corrected chi connectivity index (χ4v) is 2.21. The summed E-state index contributed by atoms with van der Waals surface area (Å²) in [4.78, 5) is 36.8. The zero-order chi connectivity index (χ0) is 15.8. The van der Waals surface area contributed by atoms with E-state index in [-0.39, 0.29) is 108 Å². The van der Waals surface area contributed by atoms with Gasteiger partial charge in [0.05, 0.1) is 17.9 Å². The molecule has 1 saturated heterocycles. The molecule has 0 radical (unpaired) electrons. The topological polar surface area (TPSA) is 130 Å². The van der Waals surface area contributed by atoms with E-state index < -0.39 is 17.9 Å². The van der Waals surface area contributed by atoms with E-state index in [0.29, 0.717) is 39.3 Å². The van der Waals surface area contributed by atoms with Crippen LogP contribution in [0.5, 0.6) is 0 Å². The Hall–Kier alpha value is 1.29. The molecule has 0 N–H and O–H groups in total. The van der Waals surface area contributed by atoms with Crippen molar-refractivity contribution in [3.8, 4) is 0 Å². The van der Waals surface area contributed by atoms with Crippen molar-refractivity contribution in [3.63, 3.8) is 0 Å². The fraction of sp³-hybridized carbons (Fsp3) is 0.750. The second-order valence-corrected chi connectivity index (χ2v) is 4.94. The summed E-state index contributed by atoms with van der Waals surface area (Å²) in [5, 5.41) is 32.0. The number of aliphatic carboxylic acids is 3. The number of hydrogen-bond donors (Lipinski definition) is 0. The summed E-state index contributed by atoms with van der Waals surface area (Å²) in [6, 6.07) is 0. The van der Waals surface area contributed by atoms with Crippen molar-refractivity contribution in [1.82, 2.24) is 14.7 Å². The van der Waals surface area contributed by atoms with Crippen molar-refractivity contribution in [1.29, 1.82) is 0 Å². The maximum Gasteiger partial charge on any atom is 1.00 e. The van der Waals surface area contributed by atoms with Gasteiger partial charge in [-0.05, 0) is 0 Å². The van der Waals surface area contributed by atoms with E-state index >= 15 is 0 Å². The van der Waals surface area contributed by atoms with Gasteiger partial charge in [-0.1, -0.05) is 0 Å². The number of carboxylic acid groups (broad SMARTS) is 3. The summed E-state index contributed by atoms with van der Waals surface area (Å²) >= 11 is 0. The molecule has 0 aromatic heterocycles. The smallest absolute Gasteiger partial charge is 0.549 e. The van der Waals surface area contributed by atoms with Crippen LogP contribution in [0.15, 0.2) is 0 Å². The second-order valence-electron chi connectivity index (χ2n) is 4.94. The number of nitrogens with zero attached hydrogens (tertiary/aromatic N) is 3. The van der Waals surface area contributed by atoms with Crippen LogP contribution in [0.1, 0.15) is 0 Å². The third-order valence-corrected chi connectivity index (χ3v) is 3.26. The van der Waals surface area contributed by atoms with Crippen LogP contribution in [0, 0.1) is 0 Å². The summed E-state index contributed by atoms with van der Waals surface area (Å²) in [7, 11) is 0. The van der Waals surface area contributed by atoms with Crippen LogP contribution in [0.3, 0.4) is 0 Å². The maximum absolute atomic E-state index is 10.7. The van der Waals surface area contributed by atoms with Gasteiger partial charge < -0.3 is 29.7 Å². The molecule has 24 heavy (non-hydrogen) atoms. The standard InChI is InChI=1S/C12H21N3O6.3Na/c16-10(17)7-13-1-2-14(8-11(18)19)5-6-15(4-3-13)9-12(20)21;;;/h1-9H2,(H,16,17)(H,18,19)(H,20,21);;;/q;3*+1/p-3. The number of hydrogen-bond acceptors (Lipinski definition) is 9. The minimum Gasteiger partial charge on any atom is -0.549 e. The van der Waals surface area contributed by atoms with E-state index in [1.54, 1.807) is 14.7 Å². The number of rotatable bonds is 6. The Balaban J connectivity index is -0.00000147. The zero-order valence-electron chi connectivity index (χ0n) is 14.7. The largest absolute Gasteiger partial charge is 1.00 e. The van der Waals surface area contributed by atoms with Gasteiger partial charge in [0.15, 0.2) is 0 Å². The summed E-state index contributed by atoms with van der Waals surface area (Å²) < 4.78 is 0. The molecular weight excluding hydrogens is 351 g/mol. The first kappa shape index (κ1) is 30.0. The third kappa shape index (κ3) is 14.5. The van der Waals surface area contributed by atoms with Crippen molar-refractivity contribution >= 4 is 17.9 Å². The molecule has 1 aliphatic heterocycles. The van der Waals surface area contributed by atoms with E-state index in [9.17, 15) is 29.7 Å². The molecule has 9 nitrogen and oxygen atoms in total. The molecule has 0 amide bonds. The van der Waals surface area contributed by atoms with Crippen LogP contribution in [0.2, 0.25) is 0 Å². The van der Waals surface area contributed by atoms with Crippen molar-refractivity contribution in [3.05, 3.63) is 0 Å². The van der Waals surface area contributed by atoms with Gasteiger partial charge in [-0.3, -0.25) is 14.7 Å². The quantitative estimate of drug-likeness (QED) is 0.419. The first-order chi connectivity index (χ1) is 9.86. The average Bonchev–Trinajstić information content (AvgIpc) is 2.42. The van der Waals surface area contributed by atoms with Crippen LogP contribution in [-0.2, 0) is 14.4 Å². The molecule has 0 atom stereocenters. The first-order valence-corrected chi connectivity index (χ1v) is 6.63. The van der Waals surface area contributed by atoms with E-state index in [4.69, 9.17) is 0 Å². The van der Waals surface area contributed by atoms with Gasteiger partial charge in [-0.2, -0.15) is 0 Å². The molecule has 120 valence electrons. The Morgan fingerprint density at radius 1 is 0.542 bits per heavy atom. The van der Waals surface area contributed by atoms with E-state index in [2.05, 4.69) is 0 Å². The molecule has 0 aromatic carbocycles. The SMILES string of the molecule is O=C([O-])CN1CCN(CC(=O)[O-])CCN(CC(=O)[O-])CC1.[Na+].[Na+].[Na+]. The van der Waals surface area contributed by atoms with Gasteiger partial charge >= 0.3 is 88.7 Å². The Morgan fingerprint density at radius 3 is 0.833 bits per heavy atom. The second kappa shape index (κ2) is 16.5. The third-order valence-electron chi connectivity index (χ3n) is 3.26. The van der Waals surface area contributed by atoms with Gasteiger partial charge in [0.1, 0.15) is 0 Å². The summed E-state index contributed by atoms with van der Waals surface area (Å²) in [6.07, 6.45) is 0. The van der Waals surface area contributed by atoms with Gasteiger partial charge in [0, 0.05) is 58.9 Å². The van der Waals surface area contributed by atoms with Crippen molar-refractivity contribution < 1.29 is 118 Å². The minimum atomic E-state index is -1.23. The number of carboxylic acids is 3. The molecule has 12 heteroatoms. The Labute approximate surface area is 207 Å². The van der Waals surface area contributed by atoms with Crippen LogP contribution >= 0.6 is 0 Å². The molecular formula is C12H18N3Na3O6. The first-order valence-electron chi connectivity index (χ1n) is 6.63. The molecule has 1 heterocycles. The van der Waals surface area contributed by atoms with Crippen LogP contribution in [-0.4, -0.2) is 91.5 Å². The van der Waals surface area contributed by atoms with Crippen LogP contribution in [0.25, 0.3) is 0 Å². The molecule has 0 spiro atoms. The minimum absolute atomic E-state index is 0. The van der Waals surface area contributed by atoms with Crippen molar-refractivity contribution in [2.45, 2.75) is 0 Å². The van der Waals surface area contributed by atoms with E-state index in [1.807, 2.05) is 0 Å². The predicted octanol–water partition coefficient (Wildman–Crippen LogP) is -14.8. The molecule has 1 aliphatic rings. The molecule has 0 aliphatic carbocycles.